The number of hydrogen-bond donors (Lipinski definition) is 4. The van der Waals surface area contributed by atoms with Gasteiger partial charge in [0.1, 0.15) is 11.6 Å². The number of halogens is 2. The molecule has 0 saturated heterocycles. The number of nitrogens with one attached hydrogen (secondary N) is 4. The van der Waals surface area contributed by atoms with Gasteiger partial charge in [0.2, 0.25) is 0 Å². The van der Waals surface area contributed by atoms with Crippen LogP contribution in [-0.4, -0.2) is 21.9 Å². The van der Waals surface area contributed by atoms with E-state index in [2.05, 4.69) is 25.9 Å². The molecule has 3 amide bonds. The third-order valence-corrected chi connectivity index (χ3v) is 5.79. The van der Waals surface area contributed by atoms with Crippen molar-refractivity contribution in [1.29, 1.82) is 0 Å². The summed E-state index contributed by atoms with van der Waals surface area (Å²) >= 11 is 5.85. The Bertz CT molecular complexity index is 1430. The highest BCUT2D eigenvalue weighted by Gasteiger charge is 2.28. The van der Waals surface area contributed by atoms with E-state index in [1.165, 1.54) is 6.07 Å². The van der Waals surface area contributed by atoms with E-state index in [1.807, 2.05) is 6.92 Å². The fraction of sp³-hybridized carbons (Fsp3) is 0.0800. The number of carbonyl (C=O) groups excluding carboxylic acids is 2. The van der Waals surface area contributed by atoms with Crippen molar-refractivity contribution in [2.24, 2.45) is 0 Å². The Hall–Kier alpha value is -4.17. The van der Waals surface area contributed by atoms with Gasteiger partial charge in [0.05, 0.1) is 5.56 Å². The van der Waals surface area contributed by atoms with Crippen molar-refractivity contribution in [3.63, 3.8) is 0 Å². The summed E-state index contributed by atoms with van der Waals surface area (Å²) in [6.45, 7) is 2.17. The van der Waals surface area contributed by atoms with Gasteiger partial charge in [-0.2, -0.15) is 0 Å². The van der Waals surface area contributed by atoms with E-state index in [-0.39, 0.29) is 5.91 Å². The maximum Gasteiger partial charge on any atom is 0.323 e. The molecule has 0 atom stereocenters. The SMILES string of the molecule is Cc1cnc(-c2ccc(-c3ccc(NC(=O)Nc4ccc(Cl)cc4)cc3F)c3c2C(=O)NC3)[nH]1. The van der Waals surface area contributed by atoms with Crippen LogP contribution in [0.3, 0.4) is 0 Å². The number of carbonyl (C=O) groups is 2. The van der Waals surface area contributed by atoms with E-state index < -0.39 is 11.8 Å². The molecule has 34 heavy (non-hydrogen) atoms. The maximum absolute atomic E-state index is 15.1. The number of rotatable bonds is 4. The number of hydrogen-bond acceptors (Lipinski definition) is 3. The zero-order chi connectivity index (χ0) is 23.8. The van der Waals surface area contributed by atoms with E-state index in [0.29, 0.717) is 56.6 Å². The number of nitrogens with zero attached hydrogens (tertiary/aromatic N) is 1. The van der Waals surface area contributed by atoms with Crippen molar-refractivity contribution in [2.75, 3.05) is 10.6 Å². The number of H-pyrrole nitrogens is 1. The molecule has 0 unspecified atom stereocenters. The first-order chi connectivity index (χ1) is 16.4. The third kappa shape index (κ3) is 4.11. The molecule has 170 valence electrons. The summed E-state index contributed by atoms with van der Waals surface area (Å²) in [5.74, 6) is -0.157. The smallest absolute Gasteiger partial charge is 0.323 e. The predicted octanol–water partition coefficient (Wildman–Crippen LogP) is 5.73. The minimum Gasteiger partial charge on any atom is -0.348 e. The van der Waals surface area contributed by atoms with Crippen LogP contribution in [-0.2, 0) is 6.54 Å². The summed E-state index contributed by atoms with van der Waals surface area (Å²) in [6.07, 6.45) is 1.69. The fourth-order valence-electron chi connectivity index (χ4n) is 3.99. The van der Waals surface area contributed by atoms with Crippen molar-refractivity contribution >= 4 is 34.9 Å². The van der Waals surface area contributed by atoms with Crippen LogP contribution in [0.2, 0.25) is 5.02 Å². The molecule has 1 aliphatic heterocycles. The first kappa shape index (κ1) is 21.7. The number of imidazole rings is 1. The second-order valence-electron chi connectivity index (χ2n) is 7.89. The Balaban J connectivity index is 1.42. The van der Waals surface area contributed by atoms with Gasteiger partial charge in [-0.05, 0) is 66.6 Å². The van der Waals surface area contributed by atoms with Crippen LogP contribution in [0.25, 0.3) is 22.5 Å². The van der Waals surface area contributed by atoms with E-state index in [1.54, 1.807) is 54.7 Å². The number of amides is 3. The van der Waals surface area contributed by atoms with Gasteiger partial charge < -0.3 is 20.9 Å². The molecule has 0 spiro atoms. The van der Waals surface area contributed by atoms with Crippen LogP contribution in [0.4, 0.5) is 20.6 Å². The lowest BCUT2D eigenvalue weighted by Gasteiger charge is -2.13. The number of aromatic amines is 1. The van der Waals surface area contributed by atoms with Gasteiger partial charge in [-0.3, -0.25) is 4.79 Å². The van der Waals surface area contributed by atoms with Gasteiger partial charge in [-0.15, -0.1) is 0 Å². The number of aryl methyl sites for hydroxylation is 1. The summed E-state index contributed by atoms with van der Waals surface area (Å²) in [7, 11) is 0. The lowest BCUT2D eigenvalue weighted by molar-refractivity contribution is 0.0966. The summed E-state index contributed by atoms with van der Waals surface area (Å²) in [6, 6.07) is 14.1. The molecule has 3 aromatic carbocycles. The van der Waals surface area contributed by atoms with Crippen LogP contribution in [0, 0.1) is 12.7 Å². The molecule has 0 bridgehead atoms. The van der Waals surface area contributed by atoms with E-state index in [0.717, 1.165) is 5.69 Å². The molecule has 1 aromatic heterocycles. The molecule has 9 heteroatoms. The molecule has 1 aliphatic rings. The van der Waals surface area contributed by atoms with Gasteiger partial charge in [0, 0.05) is 46.0 Å². The second-order valence-corrected chi connectivity index (χ2v) is 8.33. The molecule has 4 N–H and O–H groups in total. The van der Waals surface area contributed by atoms with Gasteiger partial charge in [-0.25, -0.2) is 14.2 Å². The quantitative estimate of drug-likeness (QED) is 0.303. The Kier molecular flexibility index (Phi) is 5.51. The fourth-order valence-corrected chi connectivity index (χ4v) is 4.11. The first-order valence-electron chi connectivity index (χ1n) is 10.5. The summed E-state index contributed by atoms with van der Waals surface area (Å²) in [5, 5.41) is 8.65. The van der Waals surface area contributed by atoms with Crippen LogP contribution >= 0.6 is 11.6 Å². The molecule has 0 radical (unpaired) electrons. The molecule has 4 aromatic rings. The number of benzene rings is 3. The van der Waals surface area contributed by atoms with Gasteiger partial charge in [-0.1, -0.05) is 17.7 Å². The number of aromatic nitrogens is 2. The molecule has 2 heterocycles. The topological polar surface area (TPSA) is 98.9 Å². The Morgan fingerprint density at radius 1 is 1.00 bits per heavy atom. The standard InChI is InChI=1S/C25H19ClFN5O2/c1-13-11-28-23(30-13)19-9-8-17(20-12-29-24(33)22(19)20)18-7-6-16(10-21(18)27)32-25(34)31-15-4-2-14(26)3-5-15/h2-11H,12H2,1H3,(H,28,30)(H,29,33)(H2,31,32,34). The molecule has 7 nitrogen and oxygen atoms in total. The lowest BCUT2D eigenvalue weighted by atomic mass is 9.92. The van der Waals surface area contributed by atoms with Crippen molar-refractivity contribution < 1.29 is 14.0 Å². The normalized spacial score (nSPS) is 12.3. The van der Waals surface area contributed by atoms with Crippen molar-refractivity contribution in [3.05, 3.63) is 88.5 Å². The van der Waals surface area contributed by atoms with Crippen LogP contribution in [0.1, 0.15) is 21.6 Å². The van der Waals surface area contributed by atoms with Gasteiger partial charge in [0.25, 0.3) is 5.91 Å². The van der Waals surface area contributed by atoms with Crippen LogP contribution < -0.4 is 16.0 Å². The minimum atomic E-state index is -0.521. The number of fused-ring (bicyclic) bond motifs is 1. The van der Waals surface area contributed by atoms with Crippen molar-refractivity contribution in [2.45, 2.75) is 13.5 Å². The highest BCUT2D eigenvalue weighted by molar-refractivity contribution is 6.30. The average Bonchev–Trinajstić information content (AvgIpc) is 3.41. The molecular weight excluding hydrogens is 457 g/mol. The zero-order valence-corrected chi connectivity index (χ0v) is 18.8. The molecule has 0 fully saturated rings. The largest absolute Gasteiger partial charge is 0.348 e. The average molecular weight is 476 g/mol. The number of anilines is 2. The summed E-state index contributed by atoms with van der Waals surface area (Å²) < 4.78 is 15.1. The van der Waals surface area contributed by atoms with Gasteiger partial charge >= 0.3 is 6.03 Å². The van der Waals surface area contributed by atoms with Crippen LogP contribution in [0.15, 0.2) is 60.8 Å². The maximum atomic E-state index is 15.1. The molecule has 0 saturated carbocycles. The van der Waals surface area contributed by atoms with Gasteiger partial charge in [0.15, 0.2) is 0 Å². The monoisotopic (exact) mass is 475 g/mol. The van der Waals surface area contributed by atoms with E-state index in [4.69, 9.17) is 11.6 Å². The van der Waals surface area contributed by atoms with Crippen molar-refractivity contribution in [3.8, 4) is 22.5 Å². The predicted molar refractivity (Wildman–Crippen MR) is 129 cm³/mol. The summed E-state index contributed by atoms with van der Waals surface area (Å²) in [4.78, 5) is 32.3. The highest BCUT2D eigenvalue weighted by Crippen LogP contribution is 2.36. The Morgan fingerprint density at radius 2 is 1.68 bits per heavy atom. The minimum absolute atomic E-state index is 0.224. The lowest BCUT2D eigenvalue weighted by Crippen LogP contribution is -2.19. The molecule has 0 aliphatic carbocycles. The van der Waals surface area contributed by atoms with Crippen molar-refractivity contribution in [1.82, 2.24) is 15.3 Å². The Labute approximate surface area is 199 Å². The first-order valence-corrected chi connectivity index (χ1v) is 10.9. The highest BCUT2D eigenvalue weighted by atomic mass is 35.5. The molecule has 5 rings (SSSR count). The summed E-state index contributed by atoms with van der Waals surface area (Å²) in [5.41, 5.74) is 4.51. The third-order valence-electron chi connectivity index (χ3n) is 5.54. The second kappa shape index (κ2) is 8.64. The van der Waals surface area contributed by atoms with E-state index in [9.17, 15) is 9.59 Å². The Morgan fingerprint density at radius 3 is 2.38 bits per heavy atom. The molecular formula is C25H19ClFN5O2. The van der Waals surface area contributed by atoms with Crippen LogP contribution in [0.5, 0.6) is 0 Å². The van der Waals surface area contributed by atoms with E-state index >= 15 is 4.39 Å². The zero-order valence-electron chi connectivity index (χ0n) is 18.0. The number of urea groups is 1.